The van der Waals surface area contributed by atoms with Gasteiger partial charge in [0, 0.05) is 38.4 Å². The van der Waals surface area contributed by atoms with E-state index in [9.17, 15) is 4.79 Å². The maximum atomic E-state index is 11.4. The molecule has 0 atom stereocenters. The van der Waals surface area contributed by atoms with Crippen molar-refractivity contribution in [1.82, 2.24) is 9.78 Å². The Morgan fingerprint density at radius 1 is 1.53 bits per heavy atom. The number of rotatable bonds is 7. The topological polar surface area (TPSA) is 44.1 Å². The largest absolute Gasteiger partial charge is 0.381 e. The van der Waals surface area contributed by atoms with Crippen LogP contribution >= 0.6 is 0 Å². The molecule has 1 rings (SSSR count). The second-order valence-electron chi connectivity index (χ2n) is 3.43. The lowest BCUT2D eigenvalue weighted by molar-refractivity contribution is -0.120. The van der Waals surface area contributed by atoms with Crippen molar-refractivity contribution >= 4 is 5.78 Å². The highest BCUT2D eigenvalue weighted by Crippen LogP contribution is 2.02. The van der Waals surface area contributed by atoms with E-state index in [4.69, 9.17) is 4.74 Å². The van der Waals surface area contributed by atoms with E-state index in [1.165, 1.54) is 0 Å². The number of ketones is 1. The van der Waals surface area contributed by atoms with E-state index < -0.39 is 0 Å². The molecular weight excluding hydrogens is 192 g/mol. The fourth-order valence-electron chi connectivity index (χ4n) is 1.37. The maximum absolute atomic E-state index is 11.4. The Morgan fingerprint density at radius 3 is 2.93 bits per heavy atom. The first-order valence-corrected chi connectivity index (χ1v) is 5.30. The normalized spacial score (nSPS) is 10.5. The summed E-state index contributed by atoms with van der Waals surface area (Å²) in [6, 6.07) is 1.94. The van der Waals surface area contributed by atoms with Gasteiger partial charge < -0.3 is 4.74 Å². The van der Waals surface area contributed by atoms with Crippen LogP contribution in [0.25, 0.3) is 0 Å². The lowest BCUT2D eigenvalue weighted by atomic mass is 10.1. The standard InChI is InChI=1S/C11H18N2O2/c1-3-15-9-7-11(14)5-4-10-6-8-12-13(10)2/h6,8H,3-5,7,9H2,1-2H3. The molecule has 1 aromatic rings. The highest BCUT2D eigenvalue weighted by Gasteiger charge is 2.04. The number of carbonyl (C=O) groups excluding carboxylic acids is 1. The van der Waals surface area contributed by atoms with Gasteiger partial charge in [0.15, 0.2) is 0 Å². The number of Topliss-reactive ketones (excluding diaryl/α,β-unsaturated/α-hetero) is 1. The fourth-order valence-corrected chi connectivity index (χ4v) is 1.37. The van der Waals surface area contributed by atoms with E-state index in [0.717, 1.165) is 12.1 Å². The predicted molar refractivity (Wildman–Crippen MR) is 57.6 cm³/mol. The second-order valence-corrected chi connectivity index (χ2v) is 3.43. The average molecular weight is 210 g/mol. The van der Waals surface area contributed by atoms with Crippen LogP contribution in [0.5, 0.6) is 0 Å². The molecule has 0 unspecified atom stereocenters. The quantitative estimate of drug-likeness (QED) is 0.638. The first kappa shape index (κ1) is 11.9. The zero-order valence-corrected chi connectivity index (χ0v) is 9.40. The summed E-state index contributed by atoms with van der Waals surface area (Å²) in [6.45, 7) is 3.15. The van der Waals surface area contributed by atoms with Gasteiger partial charge in [-0.15, -0.1) is 0 Å². The summed E-state index contributed by atoms with van der Waals surface area (Å²) in [4.78, 5) is 11.4. The summed E-state index contributed by atoms with van der Waals surface area (Å²) in [6.07, 6.45) is 3.61. The van der Waals surface area contributed by atoms with Gasteiger partial charge in [0.25, 0.3) is 0 Å². The van der Waals surface area contributed by atoms with Gasteiger partial charge >= 0.3 is 0 Å². The molecular formula is C11H18N2O2. The number of aryl methyl sites for hydroxylation is 2. The molecule has 0 aliphatic heterocycles. The third-order valence-electron chi connectivity index (χ3n) is 2.31. The molecule has 0 aliphatic rings. The van der Waals surface area contributed by atoms with Gasteiger partial charge in [0.2, 0.25) is 0 Å². The minimum absolute atomic E-state index is 0.254. The average Bonchev–Trinajstić information content (AvgIpc) is 2.61. The van der Waals surface area contributed by atoms with Crippen molar-refractivity contribution in [3.8, 4) is 0 Å². The molecule has 0 saturated carbocycles. The number of ether oxygens (including phenoxy) is 1. The van der Waals surface area contributed by atoms with Crippen molar-refractivity contribution in [2.24, 2.45) is 7.05 Å². The summed E-state index contributed by atoms with van der Waals surface area (Å²) in [5, 5.41) is 4.05. The molecule has 0 aliphatic carbocycles. The first-order chi connectivity index (χ1) is 7.24. The van der Waals surface area contributed by atoms with Crippen molar-refractivity contribution in [2.45, 2.75) is 26.2 Å². The van der Waals surface area contributed by atoms with Gasteiger partial charge in [-0.25, -0.2) is 0 Å². The summed E-state index contributed by atoms with van der Waals surface area (Å²) >= 11 is 0. The van der Waals surface area contributed by atoms with Crippen molar-refractivity contribution in [2.75, 3.05) is 13.2 Å². The summed E-state index contributed by atoms with van der Waals surface area (Å²) in [5.41, 5.74) is 1.10. The van der Waals surface area contributed by atoms with Crippen molar-refractivity contribution in [1.29, 1.82) is 0 Å². The monoisotopic (exact) mass is 210 g/mol. The smallest absolute Gasteiger partial charge is 0.135 e. The van der Waals surface area contributed by atoms with Crippen LogP contribution < -0.4 is 0 Å². The molecule has 0 amide bonds. The van der Waals surface area contributed by atoms with E-state index in [1.807, 2.05) is 20.0 Å². The van der Waals surface area contributed by atoms with Gasteiger partial charge in [0.05, 0.1) is 6.61 Å². The van der Waals surface area contributed by atoms with Gasteiger partial charge in [-0.2, -0.15) is 5.10 Å². The molecule has 0 spiro atoms. The summed E-state index contributed by atoms with van der Waals surface area (Å²) in [7, 11) is 1.89. The molecule has 0 aromatic carbocycles. The Bertz CT molecular complexity index is 307. The number of hydrogen-bond acceptors (Lipinski definition) is 3. The first-order valence-electron chi connectivity index (χ1n) is 5.30. The molecule has 1 heterocycles. The Hall–Kier alpha value is -1.16. The van der Waals surface area contributed by atoms with Crippen LogP contribution in [0.3, 0.4) is 0 Å². The van der Waals surface area contributed by atoms with Crippen LogP contribution in [0.15, 0.2) is 12.3 Å². The highest BCUT2D eigenvalue weighted by molar-refractivity contribution is 5.78. The third kappa shape index (κ3) is 4.25. The lowest BCUT2D eigenvalue weighted by Gasteiger charge is -2.02. The number of hydrogen-bond donors (Lipinski definition) is 0. The van der Waals surface area contributed by atoms with Crippen molar-refractivity contribution in [3.05, 3.63) is 18.0 Å². The van der Waals surface area contributed by atoms with Crippen molar-refractivity contribution in [3.63, 3.8) is 0 Å². The van der Waals surface area contributed by atoms with Crippen LogP contribution in [-0.2, 0) is 23.0 Å². The zero-order chi connectivity index (χ0) is 11.1. The Labute approximate surface area is 90.2 Å². The molecule has 0 N–H and O–H groups in total. The summed E-state index contributed by atoms with van der Waals surface area (Å²) < 4.78 is 6.93. The van der Waals surface area contributed by atoms with Gasteiger partial charge in [-0.1, -0.05) is 0 Å². The van der Waals surface area contributed by atoms with Crippen molar-refractivity contribution < 1.29 is 9.53 Å². The lowest BCUT2D eigenvalue weighted by Crippen LogP contribution is -2.07. The molecule has 84 valence electrons. The zero-order valence-electron chi connectivity index (χ0n) is 9.40. The van der Waals surface area contributed by atoms with Gasteiger partial charge in [-0.05, 0) is 19.4 Å². The van der Waals surface area contributed by atoms with Gasteiger partial charge in [0.1, 0.15) is 5.78 Å². The molecule has 0 saturated heterocycles. The molecule has 0 bridgehead atoms. The fraction of sp³-hybridized carbons (Fsp3) is 0.636. The maximum Gasteiger partial charge on any atom is 0.135 e. The SMILES string of the molecule is CCOCCC(=O)CCc1ccnn1C. The third-order valence-corrected chi connectivity index (χ3v) is 2.31. The van der Waals surface area contributed by atoms with E-state index in [0.29, 0.717) is 26.1 Å². The van der Waals surface area contributed by atoms with Crippen LogP contribution in [0, 0.1) is 0 Å². The summed E-state index contributed by atoms with van der Waals surface area (Å²) in [5.74, 6) is 0.254. The van der Waals surface area contributed by atoms with Crippen LogP contribution in [0.2, 0.25) is 0 Å². The van der Waals surface area contributed by atoms with E-state index in [2.05, 4.69) is 5.10 Å². The highest BCUT2D eigenvalue weighted by atomic mass is 16.5. The minimum Gasteiger partial charge on any atom is -0.381 e. The Morgan fingerprint density at radius 2 is 2.33 bits per heavy atom. The molecule has 0 radical (unpaired) electrons. The second kappa shape index (κ2) is 6.35. The number of carbonyl (C=O) groups is 1. The molecule has 4 nitrogen and oxygen atoms in total. The number of nitrogens with zero attached hydrogens (tertiary/aromatic N) is 2. The minimum atomic E-state index is 0.254. The van der Waals surface area contributed by atoms with E-state index in [-0.39, 0.29) is 5.78 Å². The molecule has 0 fully saturated rings. The predicted octanol–water partition coefficient (Wildman–Crippen LogP) is 1.35. The Kier molecular flexibility index (Phi) is 5.04. The molecule has 4 heteroatoms. The van der Waals surface area contributed by atoms with Crippen LogP contribution in [0.4, 0.5) is 0 Å². The van der Waals surface area contributed by atoms with E-state index >= 15 is 0 Å². The number of aromatic nitrogens is 2. The van der Waals surface area contributed by atoms with E-state index in [1.54, 1.807) is 10.9 Å². The molecule has 15 heavy (non-hydrogen) atoms. The molecule has 1 aromatic heterocycles. The van der Waals surface area contributed by atoms with Gasteiger partial charge in [-0.3, -0.25) is 9.48 Å². The van der Waals surface area contributed by atoms with Crippen LogP contribution in [0.1, 0.15) is 25.5 Å². The Balaban J connectivity index is 2.20. The van der Waals surface area contributed by atoms with Crippen LogP contribution in [-0.4, -0.2) is 28.8 Å².